The third-order valence-electron chi connectivity index (χ3n) is 11.7. The van der Waals surface area contributed by atoms with E-state index in [-0.39, 0.29) is 37.9 Å². The highest BCUT2D eigenvalue weighted by Crippen LogP contribution is 2.39. The van der Waals surface area contributed by atoms with Gasteiger partial charge in [-0.3, -0.25) is 14.2 Å². The first kappa shape index (κ1) is 59.1. The van der Waals surface area contributed by atoms with E-state index < -0.39 is 50.8 Å². The van der Waals surface area contributed by atoms with Crippen LogP contribution in [0.1, 0.15) is 187 Å². The van der Waals surface area contributed by atoms with E-state index in [9.17, 15) is 34.4 Å². The number of quaternary nitrogens is 1. The summed E-state index contributed by atoms with van der Waals surface area (Å²) in [4.78, 5) is 37.9. The van der Waals surface area contributed by atoms with Crippen molar-refractivity contribution in [1.82, 2.24) is 0 Å². The molecule has 12 nitrogen and oxygen atoms in total. The maximum atomic E-state index is 12.8. The topological polar surface area (TPSA) is 172 Å². The van der Waals surface area contributed by atoms with E-state index in [1.807, 2.05) is 27.2 Å². The van der Waals surface area contributed by atoms with Crippen molar-refractivity contribution in [1.29, 1.82) is 0 Å². The van der Waals surface area contributed by atoms with Gasteiger partial charge in [-0.25, -0.2) is 0 Å². The number of hydrogen-bond donors (Lipinski definition) is 3. The lowest BCUT2D eigenvalue weighted by Crippen LogP contribution is -2.37. The van der Waals surface area contributed by atoms with Gasteiger partial charge in [0.2, 0.25) is 0 Å². The summed E-state index contributed by atoms with van der Waals surface area (Å²) < 4.78 is 34.0. The predicted molar refractivity (Wildman–Crippen MR) is 252 cm³/mol. The van der Waals surface area contributed by atoms with Gasteiger partial charge in [-0.15, -0.1) is 0 Å². The molecule has 3 N–H and O–H groups in total. The summed E-state index contributed by atoms with van der Waals surface area (Å²) in [5.41, 5.74) is 0. The molecule has 0 amide bonds. The van der Waals surface area contributed by atoms with Crippen LogP contribution in [-0.4, -0.2) is 104 Å². The van der Waals surface area contributed by atoms with Crippen LogP contribution in [0.4, 0.5) is 0 Å². The van der Waals surface area contributed by atoms with Crippen LogP contribution < -0.4 is 4.89 Å². The first-order valence-corrected chi connectivity index (χ1v) is 26.4. The fraction of sp³-hybridized carbons (Fsp3) is 0.840. The minimum Gasteiger partial charge on any atom is -0.756 e. The minimum absolute atomic E-state index is 0.0664. The van der Waals surface area contributed by atoms with E-state index in [1.165, 1.54) is 57.8 Å². The van der Waals surface area contributed by atoms with Crippen LogP contribution in [-0.2, 0) is 32.7 Å². The van der Waals surface area contributed by atoms with Gasteiger partial charge in [0.1, 0.15) is 19.8 Å². The minimum atomic E-state index is -4.68. The molecule has 0 heterocycles. The Labute approximate surface area is 383 Å². The number of likely N-dealkylation sites (N-methyl/N-ethyl adjacent to an activating group) is 1. The molecule has 7 atom stereocenters. The van der Waals surface area contributed by atoms with E-state index in [4.69, 9.17) is 18.5 Å². The van der Waals surface area contributed by atoms with Crippen LogP contribution in [0.15, 0.2) is 36.5 Å². The van der Waals surface area contributed by atoms with Gasteiger partial charge >= 0.3 is 11.9 Å². The maximum Gasteiger partial charge on any atom is 0.306 e. The summed E-state index contributed by atoms with van der Waals surface area (Å²) in [6.45, 7) is 3.87. The zero-order valence-corrected chi connectivity index (χ0v) is 41.2. The molecule has 0 aromatic heterocycles. The monoisotopic (exact) mass is 914 g/mol. The van der Waals surface area contributed by atoms with Crippen LogP contribution in [0.2, 0.25) is 0 Å². The normalized spacial score (nSPS) is 20.2. The van der Waals surface area contributed by atoms with E-state index in [1.54, 1.807) is 6.08 Å². The molecular weight excluding hydrogens is 822 g/mol. The second kappa shape index (κ2) is 37.2. The Bertz CT molecular complexity index is 1290. The van der Waals surface area contributed by atoms with Crippen LogP contribution in [0, 0.1) is 11.8 Å². The number of phosphoric ester groups is 1. The molecule has 0 spiro atoms. The summed E-state index contributed by atoms with van der Waals surface area (Å²) in [7, 11) is 1.05. The SMILES string of the molecule is CCCCC/C=C\C/C=C\CCCCCCCCCCCC(=O)O[C@H](COC(=O)CCCCCC[C@@H]1[C@@H](/C=C/[C@@H](O)CCCCC)[C@H](O)C[C@@H]1O)COP(=O)([O-])OCC[N+](C)(C)C. The number of rotatable bonds is 41. The zero-order chi connectivity index (χ0) is 46.6. The van der Waals surface area contributed by atoms with Gasteiger partial charge in [0.05, 0.1) is 46.1 Å². The number of nitrogens with zero attached hydrogens (tertiary/aromatic N) is 1. The zero-order valence-electron chi connectivity index (χ0n) is 40.4. The molecule has 1 fully saturated rings. The highest BCUT2D eigenvalue weighted by atomic mass is 31.2. The molecule has 1 aliphatic carbocycles. The molecule has 0 bridgehead atoms. The third kappa shape index (κ3) is 34.1. The van der Waals surface area contributed by atoms with Crippen LogP contribution in [0.5, 0.6) is 0 Å². The molecule has 1 aliphatic rings. The van der Waals surface area contributed by atoms with Gasteiger partial charge in [-0.05, 0) is 63.7 Å². The average molecular weight is 914 g/mol. The van der Waals surface area contributed by atoms with E-state index in [0.29, 0.717) is 36.7 Å². The van der Waals surface area contributed by atoms with Gasteiger partial charge in [0, 0.05) is 25.2 Å². The van der Waals surface area contributed by atoms with Crippen molar-refractivity contribution in [3.05, 3.63) is 36.5 Å². The Morgan fingerprint density at radius 2 is 1.27 bits per heavy atom. The fourth-order valence-corrected chi connectivity index (χ4v) is 8.51. The quantitative estimate of drug-likeness (QED) is 0.0175. The Morgan fingerprint density at radius 3 is 1.89 bits per heavy atom. The lowest BCUT2D eigenvalue weighted by molar-refractivity contribution is -0.870. The Kier molecular flexibility index (Phi) is 34.9. The Hall–Kier alpha value is -1.89. The summed E-state index contributed by atoms with van der Waals surface area (Å²) >= 11 is 0. The number of aliphatic hydroxyl groups excluding tert-OH is 3. The average Bonchev–Trinajstić information content (AvgIpc) is 3.50. The highest BCUT2D eigenvalue weighted by molar-refractivity contribution is 7.45. The largest absolute Gasteiger partial charge is 0.756 e. The van der Waals surface area contributed by atoms with Crippen LogP contribution in [0.3, 0.4) is 0 Å². The maximum absolute atomic E-state index is 12.8. The van der Waals surface area contributed by atoms with Crippen molar-refractivity contribution in [2.75, 3.05) is 47.5 Å². The van der Waals surface area contributed by atoms with Crippen LogP contribution in [0.25, 0.3) is 0 Å². The van der Waals surface area contributed by atoms with Gasteiger partial charge in [-0.2, -0.15) is 0 Å². The number of phosphoric acid groups is 1. The third-order valence-corrected chi connectivity index (χ3v) is 12.7. The standard InChI is InChI=1S/C50H92NO11P/c1-6-8-10-11-12-13-14-15-16-17-18-19-20-21-22-23-24-25-31-35-50(56)62-44(42-61-63(57,58)60-39-38-51(3,4)5)41-59-49(55)34-30-27-26-29-33-45-46(48(54)40-47(45)53)37-36-43(52)32-28-9-7-2/h12-13,15-16,36-37,43-48,52-54H,6-11,14,17-35,38-42H2,1-5H3/b13-12-,16-15-,37-36+/t43-,44+,45+,46+,47-,48+/m0/s1. The van der Waals surface area contributed by atoms with Gasteiger partial charge in [0.25, 0.3) is 7.82 Å². The number of esters is 2. The molecule has 1 unspecified atom stereocenters. The van der Waals surface area contributed by atoms with E-state index in [0.717, 1.165) is 77.0 Å². The van der Waals surface area contributed by atoms with Crippen molar-refractivity contribution < 1.29 is 57.4 Å². The van der Waals surface area contributed by atoms with Gasteiger partial charge in [0.15, 0.2) is 6.10 Å². The lowest BCUT2D eigenvalue weighted by Gasteiger charge is -2.28. The number of allylic oxidation sites excluding steroid dienone is 4. The van der Waals surface area contributed by atoms with E-state index >= 15 is 0 Å². The molecule has 368 valence electrons. The Morgan fingerprint density at radius 1 is 0.714 bits per heavy atom. The number of carbonyl (C=O) groups excluding carboxylic acids is 2. The molecule has 13 heteroatoms. The summed E-state index contributed by atoms with van der Waals surface area (Å²) in [6, 6.07) is 0. The number of aliphatic hydroxyl groups is 3. The smallest absolute Gasteiger partial charge is 0.306 e. The molecule has 0 radical (unpaired) electrons. The number of unbranched alkanes of at least 4 members (excludes halogenated alkanes) is 17. The van der Waals surface area contributed by atoms with Crippen molar-refractivity contribution in [2.45, 2.75) is 212 Å². The fourth-order valence-electron chi connectivity index (χ4n) is 7.78. The molecule has 1 rings (SSSR count). The molecule has 0 aliphatic heterocycles. The first-order chi connectivity index (χ1) is 30.2. The van der Waals surface area contributed by atoms with Crippen molar-refractivity contribution in [3.8, 4) is 0 Å². The lowest BCUT2D eigenvalue weighted by atomic mass is 9.88. The highest BCUT2D eigenvalue weighted by Gasteiger charge is 2.39. The molecule has 63 heavy (non-hydrogen) atoms. The first-order valence-electron chi connectivity index (χ1n) is 25.0. The van der Waals surface area contributed by atoms with E-state index in [2.05, 4.69) is 38.2 Å². The van der Waals surface area contributed by atoms with Gasteiger partial charge in [-0.1, -0.05) is 147 Å². The summed E-state index contributed by atoms with van der Waals surface area (Å²) in [5, 5.41) is 31.5. The summed E-state index contributed by atoms with van der Waals surface area (Å²) in [6.07, 6.45) is 35.1. The molecule has 0 aromatic rings. The number of ether oxygens (including phenoxy) is 2. The second-order valence-electron chi connectivity index (χ2n) is 18.8. The Balaban J connectivity index is 2.40. The molecular formula is C50H92NO11P. The van der Waals surface area contributed by atoms with Crippen molar-refractivity contribution in [3.63, 3.8) is 0 Å². The molecule has 0 aromatic carbocycles. The molecule has 1 saturated carbocycles. The number of carbonyl (C=O) groups is 2. The summed E-state index contributed by atoms with van der Waals surface area (Å²) in [5.74, 6) is -1.26. The van der Waals surface area contributed by atoms with Crippen molar-refractivity contribution >= 4 is 19.8 Å². The number of hydrogen-bond acceptors (Lipinski definition) is 11. The predicted octanol–water partition coefficient (Wildman–Crippen LogP) is 10.2. The second-order valence-corrected chi connectivity index (χ2v) is 20.2. The van der Waals surface area contributed by atoms with Crippen molar-refractivity contribution in [2.24, 2.45) is 11.8 Å². The van der Waals surface area contributed by atoms with Gasteiger partial charge < -0.3 is 43.2 Å². The van der Waals surface area contributed by atoms with Crippen LogP contribution >= 0.6 is 7.82 Å². The molecule has 0 saturated heterocycles.